The van der Waals surface area contributed by atoms with E-state index < -0.39 is 35.9 Å². The zero-order valence-electron chi connectivity index (χ0n) is 16.7. The molecule has 1 unspecified atom stereocenters. The Labute approximate surface area is 177 Å². The molecule has 1 aromatic rings. The first-order valence-electron chi connectivity index (χ1n) is 9.65. The fourth-order valence-corrected chi connectivity index (χ4v) is 3.38. The predicted molar refractivity (Wildman–Crippen MR) is 108 cm³/mol. The first-order chi connectivity index (χ1) is 14.5. The fourth-order valence-electron chi connectivity index (χ4n) is 3.38. The van der Waals surface area contributed by atoms with Crippen LogP contribution in [0.15, 0.2) is 34.3 Å². The number of halogens is 4. The van der Waals surface area contributed by atoms with E-state index in [0.29, 0.717) is 31.4 Å². The number of amidine groups is 1. The number of nitrogens with two attached hydrogens (primary N) is 2. The van der Waals surface area contributed by atoms with Gasteiger partial charge < -0.3 is 16.8 Å². The maximum atomic E-state index is 13.0. The zero-order valence-corrected chi connectivity index (χ0v) is 16.7. The van der Waals surface area contributed by atoms with Crippen LogP contribution in [-0.4, -0.2) is 42.3 Å². The summed E-state index contributed by atoms with van der Waals surface area (Å²) in [5.41, 5.74) is 10.8. The van der Waals surface area contributed by atoms with Crippen LogP contribution in [0.4, 0.5) is 23.2 Å². The van der Waals surface area contributed by atoms with Gasteiger partial charge in [-0.25, -0.2) is 9.38 Å². The van der Waals surface area contributed by atoms with Crippen LogP contribution in [0.3, 0.4) is 0 Å². The van der Waals surface area contributed by atoms with Crippen molar-refractivity contribution in [2.45, 2.75) is 49.9 Å². The van der Waals surface area contributed by atoms with Crippen LogP contribution in [0, 0.1) is 23.1 Å². The van der Waals surface area contributed by atoms with E-state index in [0.717, 1.165) is 0 Å². The summed E-state index contributed by atoms with van der Waals surface area (Å²) in [5.74, 6) is -2.55. The van der Waals surface area contributed by atoms with Gasteiger partial charge in [0, 0.05) is 12.3 Å². The molecule has 1 amide bonds. The molecular formula is C20H24F4N6O. The molecule has 0 spiro atoms. The Balaban J connectivity index is 2.12. The second-order valence-corrected chi connectivity index (χ2v) is 7.50. The summed E-state index contributed by atoms with van der Waals surface area (Å²) >= 11 is 0. The highest BCUT2D eigenvalue weighted by atomic mass is 19.4. The summed E-state index contributed by atoms with van der Waals surface area (Å²) in [7, 11) is 0. The van der Waals surface area contributed by atoms with Crippen LogP contribution in [0.2, 0.25) is 0 Å². The van der Waals surface area contributed by atoms with Gasteiger partial charge in [0.2, 0.25) is 5.91 Å². The molecule has 11 heteroatoms. The number of nitrogens with one attached hydrogen (secondary N) is 1. The number of carbonyl (C=O) groups is 1. The lowest BCUT2D eigenvalue weighted by atomic mass is 9.78. The van der Waals surface area contributed by atoms with Crippen molar-refractivity contribution in [2.24, 2.45) is 27.4 Å². The largest absolute Gasteiger partial charge is 0.401 e. The minimum Gasteiger partial charge on any atom is -0.386 e. The average molecular weight is 440 g/mol. The van der Waals surface area contributed by atoms with Crippen molar-refractivity contribution >= 4 is 23.6 Å². The van der Waals surface area contributed by atoms with Gasteiger partial charge in [-0.15, -0.1) is 0 Å². The molecule has 1 atom stereocenters. The molecule has 0 radical (unpaired) electrons. The van der Waals surface area contributed by atoms with Crippen LogP contribution in [0.1, 0.15) is 32.1 Å². The molecule has 2 rings (SSSR count). The van der Waals surface area contributed by atoms with E-state index in [1.807, 2.05) is 6.07 Å². The number of amides is 1. The van der Waals surface area contributed by atoms with Crippen molar-refractivity contribution < 1.29 is 22.4 Å². The summed E-state index contributed by atoms with van der Waals surface area (Å²) in [6, 6.07) is 6.85. The normalized spacial score (nSPS) is 23.5. The van der Waals surface area contributed by atoms with Gasteiger partial charge in [-0.05, 0) is 49.9 Å². The summed E-state index contributed by atoms with van der Waals surface area (Å²) in [5, 5.41) is 11.7. The summed E-state index contributed by atoms with van der Waals surface area (Å²) < 4.78 is 50.2. The van der Waals surface area contributed by atoms with Crippen LogP contribution in [0.5, 0.6) is 0 Å². The van der Waals surface area contributed by atoms with Crippen LogP contribution >= 0.6 is 0 Å². The number of carbonyl (C=O) groups excluding carboxylic acids is 1. The molecule has 31 heavy (non-hydrogen) atoms. The van der Waals surface area contributed by atoms with E-state index >= 15 is 0 Å². The number of benzene rings is 1. The van der Waals surface area contributed by atoms with Crippen molar-refractivity contribution in [3.05, 3.63) is 30.1 Å². The molecule has 0 aliphatic heterocycles. The van der Waals surface area contributed by atoms with Crippen molar-refractivity contribution in [1.29, 1.82) is 5.26 Å². The second kappa shape index (κ2) is 10.3. The van der Waals surface area contributed by atoms with E-state index in [1.165, 1.54) is 30.5 Å². The summed E-state index contributed by atoms with van der Waals surface area (Å²) in [6.45, 7) is -1.08. The number of aliphatic imine (C=N–C) groups is 2. The minimum absolute atomic E-state index is 0.0377. The van der Waals surface area contributed by atoms with Crippen LogP contribution in [-0.2, 0) is 4.79 Å². The van der Waals surface area contributed by atoms with Gasteiger partial charge in [0.25, 0.3) is 0 Å². The Morgan fingerprint density at radius 3 is 2.42 bits per heavy atom. The number of hydrogen-bond donors (Lipinski definition) is 3. The van der Waals surface area contributed by atoms with Crippen molar-refractivity contribution in [1.82, 2.24) is 5.32 Å². The van der Waals surface area contributed by atoms with Gasteiger partial charge in [-0.2, -0.15) is 18.4 Å². The quantitative estimate of drug-likeness (QED) is 0.326. The average Bonchev–Trinajstić information content (AvgIpc) is 2.69. The Hall–Kier alpha value is -3.00. The Morgan fingerprint density at radius 1 is 1.29 bits per heavy atom. The van der Waals surface area contributed by atoms with Crippen LogP contribution in [0.25, 0.3) is 0 Å². The lowest BCUT2D eigenvalue weighted by Gasteiger charge is -2.36. The zero-order chi connectivity index (χ0) is 23.1. The Morgan fingerprint density at radius 2 is 1.90 bits per heavy atom. The molecule has 5 N–H and O–H groups in total. The SMILES string of the molecule is N#CCC1(N=CC(C(N)=O)C(N)=Nc2ccc(F)cc2)CCC(NCC(F)(F)F)CC1. The molecule has 1 aliphatic carbocycles. The van der Waals surface area contributed by atoms with Gasteiger partial charge in [-0.1, -0.05) is 0 Å². The molecule has 7 nitrogen and oxygen atoms in total. The third-order valence-corrected chi connectivity index (χ3v) is 5.12. The second-order valence-electron chi connectivity index (χ2n) is 7.50. The monoisotopic (exact) mass is 440 g/mol. The standard InChI is InChI=1S/C20H24F4N6O/c21-13-1-3-15(4-2-13)30-17(26)16(18(27)31)11-29-19(9-10-25)7-5-14(6-8-19)28-12-20(22,23)24/h1-4,11,14,16,28H,5-9,12H2,(H2,26,30)(H2,27,31). The molecule has 0 aromatic heterocycles. The van der Waals surface area contributed by atoms with Gasteiger partial charge in [0.1, 0.15) is 17.6 Å². The predicted octanol–water partition coefficient (Wildman–Crippen LogP) is 2.73. The topological polar surface area (TPSA) is 130 Å². The maximum absolute atomic E-state index is 13.0. The van der Waals surface area contributed by atoms with E-state index in [9.17, 15) is 27.6 Å². The summed E-state index contributed by atoms with van der Waals surface area (Å²) in [4.78, 5) is 20.4. The molecule has 1 saturated carbocycles. The molecule has 168 valence electrons. The number of alkyl halides is 3. The van der Waals surface area contributed by atoms with Crippen molar-refractivity contribution in [2.75, 3.05) is 6.54 Å². The van der Waals surface area contributed by atoms with Gasteiger partial charge in [-0.3, -0.25) is 9.79 Å². The van der Waals surface area contributed by atoms with E-state index in [1.54, 1.807) is 0 Å². The lowest BCUT2D eigenvalue weighted by Crippen LogP contribution is -2.44. The van der Waals surface area contributed by atoms with E-state index in [2.05, 4.69) is 15.3 Å². The van der Waals surface area contributed by atoms with Gasteiger partial charge in [0.15, 0.2) is 0 Å². The number of nitrogens with zero attached hydrogens (tertiary/aromatic N) is 3. The third-order valence-electron chi connectivity index (χ3n) is 5.12. The van der Waals surface area contributed by atoms with Crippen molar-refractivity contribution in [3.8, 4) is 6.07 Å². The van der Waals surface area contributed by atoms with Gasteiger partial charge in [0.05, 0.1) is 30.3 Å². The number of rotatable bonds is 8. The smallest absolute Gasteiger partial charge is 0.386 e. The first kappa shape index (κ1) is 24.3. The minimum atomic E-state index is -4.30. The van der Waals surface area contributed by atoms with Gasteiger partial charge >= 0.3 is 6.18 Å². The molecule has 1 aliphatic rings. The maximum Gasteiger partial charge on any atom is 0.401 e. The van der Waals surface area contributed by atoms with Crippen LogP contribution < -0.4 is 16.8 Å². The fraction of sp³-hybridized carbons (Fsp3) is 0.500. The Bertz CT molecular complexity index is 852. The molecule has 1 aromatic carbocycles. The number of hydrogen-bond acceptors (Lipinski definition) is 5. The van der Waals surface area contributed by atoms with Crippen molar-refractivity contribution in [3.63, 3.8) is 0 Å². The Kier molecular flexibility index (Phi) is 8.10. The number of primary amides is 1. The highest BCUT2D eigenvalue weighted by Gasteiger charge is 2.36. The highest BCUT2D eigenvalue weighted by Crippen LogP contribution is 2.35. The lowest BCUT2D eigenvalue weighted by molar-refractivity contribution is -0.126. The molecule has 0 heterocycles. The summed E-state index contributed by atoms with van der Waals surface area (Å²) in [6.07, 6.45) is -1.48. The van der Waals surface area contributed by atoms with E-state index in [-0.39, 0.29) is 18.3 Å². The highest BCUT2D eigenvalue weighted by molar-refractivity contribution is 6.14. The van der Waals surface area contributed by atoms with E-state index in [4.69, 9.17) is 11.5 Å². The first-order valence-corrected chi connectivity index (χ1v) is 9.65. The number of nitriles is 1. The molecule has 1 fully saturated rings. The molecule has 0 bridgehead atoms. The molecular weight excluding hydrogens is 416 g/mol. The third kappa shape index (κ3) is 7.64. The molecule has 0 saturated heterocycles.